The Hall–Kier alpha value is -1.27. The van der Waals surface area contributed by atoms with Gasteiger partial charge in [0.15, 0.2) is 5.82 Å². The van der Waals surface area contributed by atoms with Crippen molar-refractivity contribution >= 4 is 38.1 Å². The van der Waals surface area contributed by atoms with Gasteiger partial charge in [-0.2, -0.15) is 4.40 Å². The highest BCUT2D eigenvalue weighted by Gasteiger charge is 2.22. The molecule has 2 rings (SSSR count). The van der Waals surface area contributed by atoms with Gasteiger partial charge in [-0.1, -0.05) is 12.1 Å². The van der Waals surface area contributed by atoms with Crippen molar-refractivity contribution < 1.29 is 13.3 Å². The fraction of sp³-hybridized carbons (Fsp3) is 0.400. The summed E-state index contributed by atoms with van der Waals surface area (Å²) < 4.78 is 36.3. The molecule has 0 aliphatic rings. The second-order valence-electron chi connectivity index (χ2n) is 5.62. The molecule has 0 N–H and O–H groups in total. The molecule has 0 saturated heterocycles. The Kier molecular flexibility index (Phi) is 4.49. The third kappa shape index (κ3) is 3.16. The van der Waals surface area contributed by atoms with Crippen LogP contribution in [0.1, 0.15) is 32.6 Å². The van der Waals surface area contributed by atoms with Crippen molar-refractivity contribution in [3.63, 3.8) is 0 Å². The van der Waals surface area contributed by atoms with Crippen LogP contribution in [-0.4, -0.2) is 21.8 Å². The topological polar surface area (TPSA) is 38.7 Å². The summed E-state index contributed by atoms with van der Waals surface area (Å²) in [5, 5.41) is 0.505. The van der Waals surface area contributed by atoms with Crippen molar-refractivity contribution in [3.8, 4) is 5.75 Å². The van der Waals surface area contributed by atoms with Crippen molar-refractivity contribution in [1.29, 1.82) is 0 Å². The number of hydrogen-bond donors (Lipinski definition) is 0. The van der Waals surface area contributed by atoms with Crippen molar-refractivity contribution in [1.82, 2.24) is 0 Å². The molecule has 0 amide bonds. The Labute approximate surface area is 130 Å². The van der Waals surface area contributed by atoms with E-state index in [0.29, 0.717) is 21.7 Å². The van der Waals surface area contributed by atoms with E-state index in [0.717, 1.165) is 4.70 Å². The van der Waals surface area contributed by atoms with Crippen molar-refractivity contribution in [2.24, 2.45) is 4.40 Å². The number of fused-ring (bicyclic) bond motifs is 1. The van der Waals surface area contributed by atoms with Crippen LogP contribution in [0.3, 0.4) is 0 Å². The summed E-state index contributed by atoms with van der Waals surface area (Å²) in [5.74, 6) is 0.299. The first kappa shape index (κ1) is 16.1. The van der Waals surface area contributed by atoms with E-state index < -0.39 is 15.7 Å². The Morgan fingerprint density at radius 3 is 2.62 bits per heavy atom. The van der Waals surface area contributed by atoms with Crippen LogP contribution in [0.25, 0.3) is 10.1 Å². The minimum Gasteiger partial charge on any atom is -0.495 e. The molecule has 1 aromatic heterocycles. The quantitative estimate of drug-likeness (QED) is 0.788. The summed E-state index contributed by atoms with van der Waals surface area (Å²) in [6.07, 6.45) is 0. The minimum atomic E-state index is -1.41. The van der Waals surface area contributed by atoms with Gasteiger partial charge in [0.05, 0.1) is 27.1 Å². The van der Waals surface area contributed by atoms with Gasteiger partial charge in [0.1, 0.15) is 16.7 Å². The van der Waals surface area contributed by atoms with Gasteiger partial charge >= 0.3 is 0 Å². The molecule has 0 aliphatic heterocycles. The van der Waals surface area contributed by atoms with E-state index >= 15 is 0 Å². The summed E-state index contributed by atoms with van der Waals surface area (Å²) in [5.41, 5.74) is 0.448. The predicted octanol–water partition coefficient (Wildman–Crippen LogP) is 4.32. The van der Waals surface area contributed by atoms with E-state index in [1.165, 1.54) is 11.3 Å². The molecule has 0 spiro atoms. The van der Waals surface area contributed by atoms with E-state index in [-0.39, 0.29) is 5.82 Å². The van der Waals surface area contributed by atoms with E-state index in [9.17, 15) is 8.60 Å². The van der Waals surface area contributed by atoms with Crippen LogP contribution < -0.4 is 4.74 Å². The maximum Gasteiger partial charge on any atom is 0.151 e. The van der Waals surface area contributed by atoms with Gasteiger partial charge < -0.3 is 4.74 Å². The first-order chi connectivity index (χ1) is 9.75. The molecule has 2 aromatic rings. The second-order valence-corrected chi connectivity index (χ2v) is 8.55. The van der Waals surface area contributed by atoms with Crippen LogP contribution in [0.4, 0.5) is 4.39 Å². The zero-order valence-electron chi connectivity index (χ0n) is 12.7. The SMILES string of the molecule is COc1cccc2c(F)c(C(C)=NS(=O)C(C)(C)C)sc12. The normalized spacial score (nSPS) is 14.5. The highest BCUT2D eigenvalue weighted by Crippen LogP contribution is 2.36. The number of hydrogen-bond acceptors (Lipinski definition) is 3. The lowest BCUT2D eigenvalue weighted by atomic mass is 10.2. The van der Waals surface area contributed by atoms with Crippen molar-refractivity contribution in [2.45, 2.75) is 32.4 Å². The molecule has 6 heteroatoms. The molecule has 114 valence electrons. The Bertz CT molecular complexity index is 729. The lowest BCUT2D eigenvalue weighted by Gasteiger charge is -2.13. The number of thiophene rings is 1. The fourth-order valence-electron chi connectivity index (χ4n) is 1.76. The highest BCUT2D eigenvalue weighted by molar-refractivity contribution is 7.85. The summed E-state index contributed by atoms with van der Waals surface area (Å²) in [6, 6.07) is 5.25. The molecule has 0 radical (unpaired) electrons. The number of ether oxygens (including phenoxy) is 1. The molecule has 1 aromatic carbocycles. The van der Waals surface area contributed by atoms with Crippen molar-refractivity contribution in [2.75, 3.05) is 7.11 Å². The van der Waals surface area contributed by atoms with Gasteiger partial charge in [-0.3, -0.25) is 0 Å². The van der Waals surface area contributed by atoms with Crippen LogP contribution in [0, 0.1) is 5.82 Å². The zero-order valence-corrected chi connectivity index (χ0v) is 14.3. The maximum atomic E-state index is 14.5. The molecule has 0 saturated carbocycles. The van der Waals surface area contributed by atoms with E-state index in [1.54, 1.807) is 32.2 Å². The third-order valence-corrected chi connectivity index (χ3v) is 5.70. The van der Waals surface area contributed by atoms with Crippen molar-refractivity contribution in [3.05, 3.63) is 28.9 Å². The van der Waals surface area contributed by atoms with Gasteiger partial charge in [-0.05, 0) is 33.8 Å². The molecular formula is C15H18FNO2S2. The first-order valence-electron chi connectivity index (χ1n) is 6.48. The minimum absolute atomic E-state index is 0.332. The number of benzene rings is 1. The molecule has 0 bridgehead atoms. The third-order valence-electron chi connectivity index (χ3n) is 2.91. The monoisotopic (exact) mass is 327 g/mol. The fourth-order valence-corrected chi connectivity index (χ4v) is 3.55. The van der Waals surface area contributed by atoms with Gasteiger partial charge in [0.25, 0.3) is 0 Å². The number of rotatable bonds is 3. The van der Waals surface area contributed by atoms with Crippen LogP contribution in [0.5, 0.6) is 5.75 Å². The van der Waals surface area contributed by atoms with Crippen LogP contribution in [0.2, 0.25) is 0 Å². The molecule has 21 heavy (non-hydrogen) atoms. The molecular weight excluding hydrogens is 309 g/mol. The average Bonchev–Trinajstić information content (AvgIpc) is 2.75. The maximum absolute atomic E-state index is 14.5. The molecule has 1 atom stereocenters. The Balaban J connectivity index is 2.55. The molecule has 0 aliphatic carbocycles. The summed E-state index contributed by atoms with van der Waals surface area (Å²) >= 11 is 1.27. The van der Waals surface area contributed by atoms with Crippen LogP contribution in [-0.2, 0) is 11.0 Å². The highest BCUT2D eigenvalue weighted by atomic mass is 32.2. The first-order valence-corrected chi connectivity index (χ1v) is 8.40. The summed E-state index contributed by atoms with van der Waals surface area (Å²) in [7, 11) is 0.149. The summed E-state index contributed by atoms with van der Waals surface area (Å²) in [6.45, 7) is 7.20. The van der Waals surface area contributed by atoms with Gasteiger partial charge in [-0.15, -0.1) is 11.3 Å². The Morgan fingerprint density at radius 1 is 1.38 bits per heavy atom. The number of halogens is 1. The average molecular weight is 327 g/mol. The smallest absolute Gasteiger partial charge is 0.151 e. The molecule has 1 heterocycles. The second kappa shape index (κ2) is 5.85. The lowest BCUT2D eigenvalue weighted by Crippen LogP contribution is -2.20. The van der Waals surface area contributed by atoms with E-state index in [2.05, 4.69) is 4.40 Å². The number of nitrogens with zero attached hydrogens (tertiary/aromatic N) is 1. The molecule has 3 nitrogen and oxygen atoms in total. The standard InChI is InChI=1S/C15H18FNO2S2/c1-9(17-21(18)15(2,3)4)13-12(16)10-7-6-8-11(19-5)14(10)20-13/h6-8H,1-5H3. The predicted molar refractivity (Wildman–Crippen MR) is 88.4 cm³/mol. The Morgan fingerprint density at radius 2 is 2.05 bits per heavy atom. The van der Waals surface area contributed by atoms with Crippen LogP contribution >= 0.6 is 11.3 Å². The largest absolute Gasteiger partial charge is 0.495 e. The summed E-state index contributed by atoms with van der Waals surface area (Å²) in [4.78, 5) is 0.409. The molecule has 0 fully saturated rings. The number of methoxy groups -OCH3 is 1. The van der Waals surface area contributed by atoms with E-state index in [1.807, 2.05) is 20.8 Å². The van der Waals surface area contributed by atoms with Gasteiger partial charge in [0.2, 0.25) is 0 Å². The van der Waals surface area contributed by atoms with E-state index in [4.69, 9.17) is 4.74 Å². The lowest BCUT2D eigenvalue weighted by molar-refractivity contribution is 0.420. The van der Waals surface area contributed by atoms with Gasteiger partial charge in [-0.25, -0.2) is 8.60 Å². The van der Waals surface area contributed by atoms with Gasteiger partial charge in [0, 0.05) is 5.39 Å². The molecule has 1 unspecified atom stereocenters. The van der Waals surface area contributed by atoms with Crippen LogP contribution in [0.15, 0.2) is 22.6 Å². The zero-order chi connectivity index (χ0) is 15.8.